The van der Waals surface area contributed by atoms with Crippen LogP contribution in [0.5, 0.6) is 5.75 Å². The molecule has 0 aliphatic rings. The Kier molecular flexibility index (Phi) is 4.03. The lowest BCUT2D eigenvalue weighted by molar-refractivity contribution is -0.131. The number of carbonyl (C=O) groups excluding carboxylic acids is 1. The fourth-order valence-corrected chi connectivity index (χ4v) is 1.07. The Morgan fingerprint density at radius 2 is 1.93 bits per heavy atom. The van der Waals surface area contributed by atoms with Gasteiger partial charge in [-0.1, -0.05) is 12.1 Å². The molecule has 1 aromatic rings. The summed E-state index contributed by atoms with van der Waals surface area (Å²) in [6.07, 6.45) is -2.51. The van der Waals surface area contributed by atoms with E-state index in [2.05, 4.69) is 5.32 Å². The second-order valence-electron chi connectivity index (χ2n) is 3.01. The van der Waals surface area contributed by atoms with Gasteiger partial charge in [0, 0.05) is 6.54 Å². The molecule has 1 amide bonds. The largest absolute Gasteiger partial charge is 0.508 e. The van der Waals surface area contributed by atoms with Crippen LogP contribution < -0.4 is 5.32 Å². The topological polar surface area (TPSA) is 49.3 Å². The molecule has 0 saturated heterocycles. The van der Waals surface area contributed by atoms with Gasteiger partial charge in [0.05, 0.1) is 0 Å². The third-order valence-corrected chi connectivity index (χ3v) is 1.85. The van der Waals surface area contributed by atoms with Crippen molar-refractivity contribution in [3.63, 3.8) is 0 Å². The van der Waals surface area contributed by atoms with Crippen molar-refractivity contribution in [2.24, 2.45) is 0 Å². The van der Waals surface area contributed by atoms with Gasteiger partial charge < -0.3 is 10.4 Å². The van der Waals surface area contributed by atoms with Crippen LogP contribution in [0.4, 0.5) is 8.78 Å². The summed E-state index contributed by atoms with van der Waals surface area (Å²) >= 11 is 0. The van der Waals surface area contributed by atoms with E-state index < -0.39 is 12.3 Å². The van der Waals surface area contributed by atoms with Crippen LogP contribution in [-0.2, 0) is 11.2 Å². The molecule has 82 valence electrons. The van der Waals surface area contributed by atoms with Crippen LogP contribution in [0.1, 0.15) is 5.56 Å². The van der Waals surface area contributed by atoms with Gasteiger partial charge in [-0.25, -0.2) is 0 Å². The summed E-state index contributed by atoms with van der Waals surface area (Å²) in [6, 6.07) is 6.35. The molecule has 0 heterocycles. The zero-order chi connectivity index (χ0) is 11.3. The van der Waals surface area contributed by atoms with Gasteiger partial charge in [-0.05, 0) is 24.1 Å². The maximum atomic E-state index is 11.8. The lowest BCUT2D eigenvalue weighted by Gasteiger charge is -2.04. The fourth-order valence-electron chi connectivity index (χ4n) is 1.07. The van der Waals surface area contributed by atoms with Crippen LogP contribution in [0.2, 0.25) is 0 Å². The highest BCUT2D eigenvalue weighted by molar-refractivity contribution is 5.79. The number of nitrogens with one attached hydrogen (secondary N) is 1. The van der Waals surface area contributed by atoms with Crippen molar-refractivity contribution < 1.29 is 18.7 Å². The first-order valence-corrected chi connectivity index (χ1v) is 4.43. The molecule has 1 aromatic carbocycles. The van der Waals surface area contributed by atoms with Crippen LogP contribution in [-0.4, -0.2) is 24.0 Å². The third kappa shape index (κ3) is 3.93. The Bertz CT molecular complexity index is 325. The number of rotatable bonds is 4. The molecule has 15 heavy (non-hydrogen) atoms. The minimum absolute atomic E-state index is 0.148. The molecular formula is C10H11F2NO2. The molecule has 3 nitrogen and oxygen atoms in total. The third-order valence-electron chi connectivity index (χ3n) is 1.85. The SMILES string of the molecule is O=C(NCCc1ccc(O)cc1)C(F)F. The first-order chi connectivity index (χ1) is 7.09. The van der Waals surface area contributed by atoms with E-state index >= 15 is 0 Å². The Hall–Kier alpha value is -1.65. The monoisotopic (exact) mass is 215 g/mol. The number of phenolic OH excluding ortho intramolecular Hbond substituents is 1. The zero-order valence-electron chi connectivity index (χ0n) is 7.91. The number of hydrogen-bond donors (Lipinski definition) is 2. The number of alkyl halides is 2. The van der Waals surface area contributed by atoms with E-state index in [1.807, 2.05) is 0 Å². The number of halogens is 2. The van der Waals surface area contributed by atoms with Crippen molar-refractivity contribution in [1.29, 1.82) is 0 Å². The minimum atomic E-state index is -2.97. The van der Waals surface area contributed by atoms with Gasteiger partial charge in [-0.15, -0.1) is 0 Å². The average molecular weight is 215 g/mol. The van der Waals surface area contributed by atoms with Gasteiger partial charge in [0.25, 0.3) is 5.91 Å². The Morgan fingerprint density at radius 1 is 1.33 bits per heavy atom. The van der Waals surface area contributed by atoms with Crippen molar-refractivity contribution in [3.8, 4) is 5.75 Å². The second-order valence-corrected chi connectivity index (χ2v) is 3.01. The molecule has 2 N–H and O–H groups in total. The van der Waals surface area contributed by atoms with Crippen LogP contribution in [0.25, 0.3) is 0 Å². The van der Waals surface area contributed by atoms with Gasteiger partial charge in [0.15, 0.2) is 0 Å². The molecule has 0 bridgehead atoms. The molecule has 5 heteroatoms. The number of amides is 1. The highest BCUT2D eigenvalue weighted by Crippen LogP contribution is 2.09. The van der Waals surface area contributed by atoms with Gasteiger partial charge >= 0.3 is 6.43 Å². The van der Waals surface area contributed by atoms with Gasteiger partial charge in [-0.3, -0.25) is 4.79 Å². The summed E-state index contributed by atoms with van der Waals surface area (Å²) in [5.74, 6) is -1.11. The lowest BCUT2D eigenvalue weighted by Crippen LogP contribution is -2.31. The van der Waals surface area contributed by atoms with E-state index in [0.29, 0.717) is 6.42 Å². The summed E-state index contributed by atoms with van der Waals surface area (Å²) in [6.45, 7) is 0.161. The molecule has 0 saturated carbocycles. The van der Waals surface area contributed by atoms with E-state index in [-0.39, 0.29) is 12.3 Å². The second kappa shape index (κ2) is 5.29. The highest BCUT2D eigenvalue weighted by Gasteiger charge is 2.13. The van der Waals surface area contributed by atoms with Crippen LogP contribution in [0.3, 0.4) is 0 Å². The molecular weight excluding hydrogens is 204 g/mol. The maximum Gasteiger partial charge on any atom is 0.315 e. The first-order valence-electron chi connectivity index (χ1n) is 4.43. The smallest absolute Gasteiger partial charge is 0.315 e. The lowest BCUT2D eigenvalue weighted by atomic mass is 10.1. The Morgan fingerprint density at radius 3 is 2.47 bits per heavy atom. The first kappa shape index (κ1) is 11.4. The predicted molar refractivity (Wildman–Crippen MR) is 50.8 cm³/mol. The highest BCUT2D eigenvalue weighted by atomic mass is 19.3. The zero-order valence-corrected chi connectivity index (χ0v) is 7.91. The van der Waals surface area contributed by atoms with Crippen molar-refractivity contribution in [2.75, 3.05) is 6.54 Å². The van der Waals surface area contributed by atoms with Crippen LogP contribution in [0, 0.1) is 0 Å². The summed E-state index contributed by atoms with van der Waals surface area (Å²) in [5, 5.41) is 11.1. The molecule has 0 aromatic heterocycles. The van der Waals surface area contributed by atoms with Crippen molar-refractivity contribution in [1.82, 2.24) is 5.32 Å². The standard InChI is InChI=1S/C10H11F2NO2/c11-9(12)10(15)13-6-5-7-1-3-8(14)4-2-7/h1-4,9,14H,5-6H2,(H,13,15). The number of phenols is 1. The maximum absolute atomic E-state index is 11.8. The van der Waals surface area contributed by atoms with E-state index in [4.69, 9.17) is 5.11 Å². The van der Waals surface area contributed by atoms with Crippen molar-refractivity contribution in [3.05, 3.63) is 29.8 Å². The molecule has 0 radical (unpaired) electrons. The van der Waals surface area contributed by atoms with E-state index in [1.54, 1.807) is 12.1 Å². The molecule has 0 fully saturated rings. The Labute approximate surface area is 85.7 Å². The minimum Gasteiger partial charge on any atom is -0.508 e. The number of aromatic hydroxyl groups is 1. The Balaban J connectivity index is 2.32. The molecule has 1 rings (SSSR count). The molecule has 0 aliphatic carbocycles. The summed E-state index contributed by atoms with van der Waals surface area (Å²) in [5.41, 5.74) is 0.863. The van der Waals surface area contributed by atoms with Crippen molar-refractivity contribution >= 4 is 5.91 Å². The average Bonchev–Trinajstić information content (AvgIpc) is 2.20. The van der Waals surface area contributed by atoms with E-state index in [1.165, 1.54) is 12.1 Å². The van der Waals surface area contributed by atoms with Gasteiger partial charge in [0.2, 0.25) is 0 Å². The number of carbonyl (C=O) groups is 1. The predicted octanol–water partition coefficient (Wildman–Crippen LogP) is 1.32. The summed E-state index contributed by atoms with van der Waals surface area (Å²) < 4.78 is 23.5. The molecule has 0 atom stereocenters. The van der Waals surface area contributed by atoms with Crippen molar-refractivity contribution in [2.45, 2.75) is 12.8 Å². The van der Waals surface area contributed by atoms with Gasteiger partial charge in [0.1, 0.15) is 5.75 Å². The quantitative estimate of drug-likeness (QED) is 0.795. The molecule has 0 unspecified atom stereocenters. The normalized spacial score (nSPS) is 10.3. The number of hydrogen-bond acceptors (Lipinski definition) is 2. The van der Waals surface area contributed by atoms with Gasteiger partial charge in [-0.2, -0.15) is 8.78 Å². The van der Waals surface area contributed by atoms with E-state index in [9.17, 15) is 13.6 Å². The summed E-state index contributed by atoms with van der Waals surface area (Å²) in [7, 11) is 0. The van der Waals surface area contributed by atoms with Crippen LogP contribution >= 0.6 is 0 Å². The molecule has 0 spiro atoms. The summed E-state index contributed by atoms with van der Waals surface area (Å²) in [4.78, 5) is 10.5. The van der Waals surface area contributed by atoms with E-state index in [0.717, 1.165) is 5.56 Å². The fraction of sp³-hybridized carbons (Fsp3) is 0.300. The van der Waals surface area contributed by atoms with Crippen LogP contribution in [0.15, 0.2) is 24.3 Å². The number of benzene rings is 1. The molecule has 0 aliphatic heterocycles.